The van der Waals surface area contributed by atoms with Gasteiger partial charge in [-0.3, -0.25) is 0 Å². The summed E-state index contributed by atoms with van der Waals surface area (Å²) in [5.74, 6) is 0.483. The van der Waals surface area contributed by atoms with Crippen LogP contribution in [0.15, 0.2) is 54.6 Å². The molecule has 132 valence electrons. The molecule has 1 heterocycles. The molecule has 2 unspecified atom stereocenters. The Morgan fingerprint density at radius 1 is 1.20 bits per heavy atom. The molecule has 0 aromatic heterocycles. The predicted octanol–water partition coefficient (Wildman–Crippen LogP) is 4.23. The Bertz CT molecular complexity index is 690. The highest BCUT2D eigenvalue weighted by Crippen LogP contribution is 2.23. The third-order valence-electron chi connectivity index (χ3n) is 4.68. The fraction of sp³-hybridized carbons (Fsp3) is 0.350. The Balaban J connectivity index is 1.43. The van der Waals surface area contributed by atoms with Gasteiger partial charge in [-0.1, -0.05) is 41.9 Å². The highest BCUT2D eigenvalue weighted by Gasteiger charge is 2.23. The fourth-order valence-electron chi connectivity index (χ4n) is 3.19. The third-order valence-corrected chi connectivity index (χ3v) is 4.93. The molecular weight excluding hydrogens is 334 g/mol. The van der Waals surface area contributed by atoms with Crippen molar-refractivity contribution in [1.82, 2.24) is 10.6 Å². The van der Waals surface area contributed by atoms with Crippen molar-refractivity contribution in [2.24, 2.45) is 5.92 Å². The summed E-state index contributed by atoms with van der Waals surface area (Å²) in [7, 11) is 0. The standard InChI is InChI=1S/C20H24ClN3O/c1-15(17-7-9-18(21)10-8-17)23-20(25)22-13-16-11-12-24(14-16)19-5-3-2-4-6-19/h2-10,15-16H,11-14H2,1H3,(H2,22,23,25). The number of rotatable bonds is 5. The van der Waals surface area contributed by atoms with Crippen molar-refractivity contribution >= 4 is 23.3 Å². The first kappa shape index (κ1) is 17.6. The highest BCUT2D eigenvalue weighted by atomic mass is 35.5. The van der Waals surface area contributed by atoms with Crippen molar-refractivity contribution in [3.05, 3.63) is 65.2 Å². The minimum atomic E-state index is -0.124. The van der Waals surface area contributed by atoms with Gasteiger partial charge in [0.05, 0.1) is 6.04 Å². The van der Waals surface area contributed by atoms with Crippen LogP contribution < -0.4 is 15.5 Å². The summed E-state index contributed by atoms with van der Waals surface area (Å²) in [6.07, 6.45) is 1.10. The molecule has 5 heteroatoms. The van der Waals surface area contributed by atoms with Gasteiger partial charge in [-0.25, -0.2) is 4.79 Å². The van der Waals surface area contributed by atoms with Crippen LogP contribution in [-0.2, 0) is 0 Å². The molecule has 0 aliphatic carbocycles. The maximum atomic E-state index is 12.1. The van der Waals surface area contributed by atoms with E-state index in [9.17, 15) is 4.79 Å². The van der Waals surface area contributed by atoms with E-state index in [4.69, 9.17) is 11.6 Å². The fourth-order valence-corrected chi connectivity index (χ4v) is 3.32. The zero-order valence-corrected chi connectivity index (χ0v) is 15.2. The van der Waals surface area contributed by atoms with Crippen LogP contribution in [0.25, 0.3) is 0 Å². The van der Waals surface area contributed by atoms with Gasteiger partial charge in [-0.2, -0.15) is 0 Å². The first-order valence-electron chi connectivity index (χ1n) is 8.71. The average molecular weight is 358 g/mol. The zero-order valence-electron chi connectivity index (χ0n) is 14.4. The first-order valence-corrected chi connectivity index (χ1v) is 9.09. The van der Waals surface area contributed by atoms with E-state index < -0.39 is 0 Å². The lowest BCUT2D eigenvalue weighted by atomic mass is 10.1. The molecular formula is C20H24ClN3O. The molecule has 1 aliphatic heterocycles. The lowest BCUT2D eigenvalue weighted by molar-refractivity contribution is 0.236. The first-order chi connectivity index (χ1) is 12.1. The Hall–Kier alpha value is -2.20. The van der Waals surface area contributed by atoms with E-state index in [1.54, 1.807) is 0 Å². The van der Waals surface area contributed by atoms with Gasteiger partial charge >= 0.3 is 6.03 Å². The number of anilines is 1. The van der Waals surface area contributed by atoms with Gasteiger partial charge in [0.1, 0.15) is 0 Å². The smallest absolute Gasteiger partial charge is 0.315 e. The summed E-state index contributed by atoms with van der Waals surface area (Å²) in [5.41, 5.74) is 2.29. The van der Waals surface area contributed by atoms with Gasteiger partial charge in [-0.15, -0.1) is 0 Å². The molecule has 2 amide bonds. The van der Waals surface area contributed by atoms with Crippen molar-refractivity contribution in [2.45, 2.75) is 19.4 Å². The number of urea groups is 1. The maximum absolute atomic E-state index is 12.1. The molecule has 2 aromatic rings. The highest BCUT2D eigenvalue weighted by molar-refractivity contribution is 6.30. The monoisotopic (exact) mass is 357 g/mol. The second kappa shape index (κ2) is 8.26. The van der Waals surface area contributed by atoms with Crippen LogP contribution in [0.3, 0.4) is 0 Å². The summed E-state index contributed by atoms with van der Waals surface area (Å²) in [6.45, 7) is 4.69. The molecule has 0 bridgehead atoms. The lowest BCUT2D eigenvalue weighted by Gasteiger charge is -2.19. The Kier molecular flexibility index (Phi) is 5.82. The molecule has 1 saturated heterocycles. The molecule has 3 rings (SSSR count). The normalized spacial score (nSPS) is 18.0. The molecule has 2 aromatic carbocycles. The summed E-state index contributed by atoms with van der Waals surface area (Å²) < 4.78 is 0. The minimum absolute atomic E-state index is 0.0540. The number of carbonyl (C=O) groups excluding carboxylic acids is 1. The number of nitrogens with zero attached hydrogens (tertiary/aromatic N) is 1. The van der Waals surface area contributed by atoms with Gasteiger partial charge in [0, 0.05) is 30.3 Å². The molecule has 1 fully saturated rings. The SMILES string of the molecule is CC(NC(=O)NCC1CCN(c2ccccc2)C1)c1ccc(Cl)cc1. The number of halogens is 1. The summed E-state index contributed by atoms with van der Waals surface area (Å²) in [6, 6.07) is 17.8. The van der Waals surface area contributed by atoms with Crippen LogP contribution in [0.1, 0.15) is 24.9 Å². The molecule has 1 aliphatic rings. The van der Waals surface area contributed by atoms with Gasteiger partial charge in [0.25, 0.3) is 0 Å². The van der Waals surface area contributed by atoms with Crippen molar-refractivity contribution in [2.75, 3.05) is 24.5 Å². The van der Waals surface area contributed by atoms with Crippen LogP contribution in [0.2, 0.25) is 5.02 Å². The third kappa shape index (κ3) is 4.89. The Morgan fingerprint density at radius 2 is 1.92 bits per heavy atom. The van der Waals surface area contributed by atoms with E-state index in [0.29, 0.717) is 17.5 Å². The summed E-state index contributed by atoms with van der Waals surface area (Å²) >= 11 is 5.90. The molecule has 0 radical (unpaired) electrons. The van der Waals surface area contributed by atoms with Gasteiger partial charge < -0.3 is 15.5 Å². The van der Waals surface area contributed by atoms with E-state index in [1.807, 2.05) is 37.3 Å². The van der Waals surface area contributed by atoms with E-state index in [1.165, 1.54) is 5.69 Å². The van der Waals surface area contributed by atoms with Crippen molar-refractivity contribution < 1.29 is 4.79 Å². The van der Waals surface area contributed by atoms with E-state index in [-0.39, 0.29) is 12.1 Å². The van der Waals surface area contributed by atoms with Crippen LogP contribution in [0.5, 0.6) is 0 Å². The minimum Gasteiger partial charge on any atom is -0.371 e. The number of para-hydroxylation sites is 1. The van der Waals surface area contributed by atoms with Crippen LogP contribution in [0.4, 0.5) is 10.5 Å². The number of nitrogens with one attached hydrogen (secondary N) is 2. The lowest BCUT2D eigenvalue weighted by Crippen LogP contribution is -2.39. The number of hydrogen-bond donors (Lipinski definition) is 2. The van der Waals surface area contributed by atoms with Crippen molar-refractivity contribution in [3.8, 4) is 0 Å². The number of carbonyl (C=O) groups is 1. The molecule has 25 heavy (non-hydrogen) atoms. The molecule has 0 saturated carbocycles. The van der Waals surface area contributed by atoms with E-state index in [2.05, 4.69) is 39.8 Å². The van der Waals surface area contributed by atoms with Gasteiger partial charge in [0.15, 0.2) is 0 Å². The second-order valence-electron chi connectivity index (χ2n) is 6.56. The van der Waals surface area contributed by atoms with Crippen LogP contribution >= 0.6 is 11.6 Å². The number of benzene rings is 2. The Morgan fingerprint density at radius 3 is 2.64 bits per heavy atom. The topological polar surface area (TPSA) is 44.4 Å². The van der Waals surface area contributed by atoms with Gasteiger partial charge in [0.2, 0.25) is 0 Å². The predicted molar refractivity (Wildman–Crippen MR) is 103 cm³/mol. The average Bonchev–Trinajstić information content (AvgIpc) is 3.10. The quantitative estimate of drug-likeness (QED) is 0.841. The zero-order chi connectivity index (χ0) is 17.6. The second-order valence-corrected chi connectivity index (χ2v) is 7.00. The van der Waals surface area contributed by atoms with Crippen LogP contribution in [0, 0.1) is 5.92 Å². The summed E-state index contributed by atoms with van der Waals surface area (Å²) in [4.78, 5) is 14.5. The molecule has 0 spiro atoms. The molecule has 2 N–H and O–H groups in total. The maximum Gasteiger partial charge on any atom is 0.315 e. The van der Waals surface area contributed by atoms with Crippen LogP contribution in [-0.4, -0.2) is 25.7 Å². The molecule has 2 atom stereocenters. The summed E-state index contributed by atoms with van der Waals surface area (Å²) in [5, 5.41) is 6.68. The largest absolute Gasteiger partial charge is 0.371 e. The van der Waals surface area contributed by atoms with E-state index in [0.717, 1.165) is 25.1 Å². The van der Waals surface area contributed by atoms with Gasteiger partial charge in [-0.05, 0) is 49.1 Å². The van der Waals surface area contributed by atoms with Crippen molar-refractivity contribution in [3.63, 3.8) is 0 Å². The number of hydrogen-bond acceptors (Lipinski definition) is 2. The van der Waals surface area contributed by atoms with Crippen molar-refractivity contribution in [1.29, 1.82) is 0 Å². The molecule has 4 nitrogen and oxygen atoms in total. The number of amides is 2. The Labute approximate surface area is 154 Å². The van der Waals surface area contributed by atoms with E-state index >= 15 is 0 Å².